The third-order valence-corrected chi connectivity index (χ3v) is 2.99. The highest BCUT2D eigenvalue weighted by molar-refractivity contribution is 5.82. The van der Waals surface area contributed by atoms with Crippen LogP contribution in [-0.4, -0.2) is 48.2 Å². The fraction of sp³-hybridized carbons (Fsp3) is 0.846. The minimum Gasteiger partial charge on any atom is -0.481 e. The quantitative estimate of drug-likeness (QED) is 0.826. The van der Waals surface area contributed by atoms with Crippen LogP contribution in [0.1, 0.15) is 33.6 Å². The van der Waals surface area contributed by atoms with Gasteiger partial charge >= 0.3 is 5.97 Å². The van der Waals surface area contributed by atoms with Gasteiger partial charge < -0.3 is 14.7 Å². The molecule has 0 radical (unpaired) electrons. The first-order chi connectivity index (χ1) is 8.29. The molecule has 1 aliphatic heterocycles. The molecule has 0 saturated carbocycles. The first-order valence-corrected chi connectivity index (χ1v) is 6.38. The molecule has 1 heterocycles. The van der Waals surface area contributed by atoms with E-state index in [1.807, 2.05) is 20.8 Å². The van der Waals surface area contributed by atoms with E-state index >= 15 is 0 Å². The summed E-state index contributed by atoms with van der Waals surface area (Å²) in [6, 6.07) is 0. The first kappa shape index (κ1) is 15.0. The summed E-state index contributed by atoms with van der Waals surface area (Å²) in [5, 5.41) is 9.19. The van der Waals surface area contributed by atoms with Gasteiger partial charge in [-0.2, -0.15) is 0 Å². The molecule has 0 spiro atoms. The third-order valence-electron chi connectivity index (χ3n) is 2.99. The van der Waals surface area contributed by atoms with Crippen LogP contribution in [0.15, 0.2) is 0 Å². The van der Waals surface area contributed by atoms with Crippen molar-refractivity contribution >= 4 is 11.9 Å². The Bertz CT molecular complexity index is 303. The van der Waals surface area contributed by atoms with Gasteiger partial charge in [0, 0.05) is 19.5 Å². The minimum atomic E-state index is -0.883. The van der Waals surface area contributed by atoms with Gasteiger partial charge in [-0.25, -0.2) is 0 Å². The molecule has 0 aromatic rings. The lowest BCUT2D eigenvalue weighted by Crippen LogP contribution is -2.42. The zero-order chi connectivity index (χ0) is 13.8. The number of morpholine rings is 1. The van der Waals surface area contributed by atoms with Crippen molar-refractivity contribution < 1.29 is 19.4 Å². The highest BCUT2D eigenvalue weighted by Crippen LogP contribution is 2.27. The Kier molecular flexibility index (Phi) is 5.14. The fourth-order valence-electron chi connectivity index (χ4n) is 2.14. The van der Waals surface area contributed by atoms with Crippen molar-refractivity contribution in [2.75, 3.05) is 26.3 Å². The van der Waals surface area contributed by atoms with Crippen LogP contribution in [-0.2, 0) is 14.3 Å². The number of carboxylic acids is 1. The van der Waals surface area contributed by atoms with E-state index in [2.05, 4.69) is 0 Å². The Labute approximate surface area is 108 Å². The van der Waals surface area contributed by atoms with Gasteiger partial charge in [0.2, 0.25) is 5.91 Å². The molecule has 1 N–H and O–H groups in total. The molecule has 1 amide bonds. The molecule has 0 aromatic carbocycles. The number of carboxylic acid groups (broad SMARTS) is 1. The van der Waals surface area contributed by atoms with Crippen LogP contribution < -0.4 is 0 Å². The summed E-state index contributed by atoms with van der Waals surface area (Å²) in [6.07, 6.45) is 0.602. The molecule has 18 heavy (non-hydrogen) atoms. The highest BCUT2D eigenvalue weighted by Gasteiger charge is 2.29. The van der Waals surface area contributed by atoms with Crippen molar-refractivity contribution in [2.24, 2.45) is 11.3 Å². The van der Waals surface area contributed by atoms with Crippen LogP contribution >= 0.6 is 0 Å². The van der Waals surface area contributed by atoms with E-state index in [9.17, 15) is 14.7 Å². The SMILES string of the molecule is CC(C)(C)CC(CC(=O)N1CCOCC1)C(=O)O. The smallest absolute Gasteiger partial charge is 0.307 e. The van der Waals surface area contributed by atoms with Crippen molar-refractivity contribution in [1.82, 2.24) is 4.90 Å². The highest BCUT2D eigenvalue weighted by atomic mass is 16.5. The lowest BCUT2D eigenvalue weighted by Gasteiger charge is -2.29. The van der Waals surface area contributed by atoms with E-state index in [4.69, 9.17) is 4.74 Å². The summed E-state index contributed by atoms with van der Waals surface area (Å²) in [5.74, 6) is -1.55. The third kappa shape index (κ3) is 5.04. The van der Waals surface area contributed by atoms with Gasteiger partial charge in [-0.3, -0.25) is 9.59 Å². The second-order valence-corrected chi connectivity index (χ2v) is 6.00. The molecule has 0 aliphatic carbocycles. The summed E-state index contributed by atoms with van der Waals surface area (Å²) in [7, 11) is 0. The number of carbonyl (C=O) groups is 2. The van der Waals surface area contributed by atoms with Crippen molar-refractivity contribution in [2.45, 2.75) is 33.6 Å². The zero-order valence-electron chi connectivity index (χ0n) is 11.4. The summed E-state index contributed by atoms with van der Waals surface area (Å²) in [6.45, 7) is 8.19. The van der Waals surface area contributed by atoms with E-state index in [1.165, 1.54) is 0 Å². The first-order valence-electron chi connectivity index (χ1n) is 6.38. The Morgan fingerprint density at radius 3 is 2.28 bits per heavy atom. The van der Waals surface area contributed by atoms with Gasteiger partial charge in [0.05, 0.1) is 19.1 Å². The number of amides is 1. The molecule has 0 bridgehead atoms. The second-order valence-electron chi connectivity index (χ2n) is 6.00. The van der Waals surface area contributed by atoms with Crippen LogP contribution in [0.2, 0.25) is 0 Å². The molecule has 5 nitrogen and oxygen atoms in total. The molecule has 1 fully saturated rings. The van der Waals surface area contributed by atoms with Crippen LogP contribution in [0.25, 0.3) is 0 Å². The normalized spacial score (nSPS) is 18.5. The molecule has 5 heteroatoms. The zero-order valence-corrected chi connectivity index (χ0v) is 11.4. The van der Waals surface area contributed by atoms with Gasteiger partial charge in [0.1, 0.15) is 0 Å². The van der Waals surface area contributed by atoms with E-state index in [0.717, 1.165) is 0 Å². The average Bonchev–Trinajstić information content (AvgIpc) is 2.27. The monoisotopic (exact) mass is 257 g/mol. The van der Waals surface area contributed by atoms with E-state index in [1.54, 1.807) is 4.90 Å². The Morgan fingerprint density at radius 2 is 1.83 bits per heavy atom. The molecule has 1 aliphatic rings. The van der Waals surface area contributed by atoms with Gasteiger partial charge in [-0.05, 0) is 11.8 Å². The van der Waals surface area contributed by atoms with Crippen LogP contribution in [0.3, 0.4) is 0 Å². The summed E-state index contributed by atoms with van der Waals surface area (Å²) >= 11 is 0. The van der Waals surface area contributed by atoms with Gasteiger partial charge in [-0.1, -0.05) is 20.8 Å². The number of nitrogens with zero attached hydrogens (tertiary/aromatic N) is 1. The van der Waals surface area contributed by atoms with Crippen LogP contribution in [0, 0.1) is 11.3 Å². The maximum absolute atomic E-state index is 12.0. The summed E-state index contributed by atoms with van der Waals surface area (Å²) < 4.78 is 5.17. The summed E-state index contributed by atoms with van der Waals surface area (Å²) in [4.78, 5) is 24.9. The predicted molar refractivity (Wildman–Crippen MR) is 67.2 cm³/mol. The molecule has 1 rings (SSSR count). The van der Waals surface area contributed by atoms with Gasteiger partial charge in [0.25, 0.3) is 0 Å². The largest absolute Gasteiger partial charge is 0.481 e. The number of hydrogen-bond donors (Lipinski definition) is 1. The second kappa shape index (κ2) is 6.18. The lowest BCUT2D eigenvalue weighted by atomic mass is 9.83. The van der Waals surface area contributed by atoms with Crippen LogP contribution in [0.4, 0.5) is 0 Å². The Hall–Kier alpha value is -1.10. The fourth-order valence-corrected chi connectivity index (χ4v) is 2.14. The maximum atomic E-state index is 12.0. The molecular weight excluding hydrogens is 234 g/mol. The molecular formula is C13H23NO4. The van der Waals surface area contributed by atoms with E-state index in [-0.39, 0.29) is 17.7 Å². The minimum absolute atomic E-state index is 0.0741. The Morgan fingerprint density at radius 1 is 1.28 bits per heavy atom. The molecule has 1 atom stereocenters. The van der Waals surface area contributed by atoms with Crippen LogP contribution in [0.5, 0.6) is 0 Å². The van der Waals surface area contributed by atoms with Crippen molar-refractivity contribution in [3.63, 3.8) is 0 Å². The van der Waals surface area contributed by atoms with E-state index < -0.39 is 11.9 Å². The van der Waals surface area contributed by atoms with Crippen molar-refractivity contribution in [1.29, 1.82) is 0 Å². The number of ether oxygens (including phenoxy) is 1. The topological polar surface area (TPSA) is 66.8 Å². The van der Waals surface area contributed by atoms with Gasteiger partial charge in [-0.15, -0.1) is 0 Å². The number of rotatable bonds is 4. The summed E-state index contributed by atoms with van der Waals surface area (Å²) in [5.41, 5.74) is -0.0889. The van der Waals surface area contributed by atoms with Crippen molar-refractivity contribution in [3.8, 4) is 0 Å². The lowest BCUT2D eigenvalue weighted by molar-refractivity contribution is -0.148. The van der Waals surface area contributed by atoms with Gasteiger partial charge in [0.15, 0.2) is 0 Å². The number of aliphatic carboxylic acids is 1. The molecule has 104 valence electrons. The number of carbonyl (C=O) groups excluding carboxylic acids is 1. The molecule has 1 unspecified atom stereocenters. The molecule has 1 saturated heterocycles. The number of hydrogen-bond acceptors (Lipinski definition) is 3. The van der Waals surface area contributed by atoms with E-state index in [0.29, 0.717) is 32.7 Å². The average molecular weight is 257 g/mol. The predicted octanol–water partition coefficient (Wildman–Crippen LogP) is 1.37. The Balaban J connectivity index is 2.54. The van der Waals surface area contributed by atoms with Crippen molar-refractivity contribution in [3.05, 3.63) is 0 Å². The molecule has 0 aromatic heterocycles. The standard InChI is InChI=1S/C13H23NO4/c1-13(2,3)9-10(12(16)17)8-11(15)14-4-6-18-7-5-14/h10H,4-9H2,1-3H3,(H,16,17). The maximum Gasteiger partial charge on any atom is 0.307 e.